The van der Waals surface area contributed by atoms with Crippen LogP contribution in [0.3, 0.4) is 0 Å². The molecule has 2 rings (SSSR count). The minimum Gasteiger partial charge on any atom is -0.458 e. The number of nitrogens with zero attached hydrogens (tertiary/aromatic N) is 1. The number of hydrogen-bond acceptors (Lipinski definition) is 6. The van der Waals surface area contributed by atoms with Gasteiger partial charge in [0.15, 0.2) is 12.1 Å². The van der Waals surface area contributed by atoms with Crippen molar-refractivity contribution < 1.29 is 27.4 Å². The number of carbonyl (C=O) groups is 1. The van der Waals surface area contributed by atoms with Gasteiger partial charge in [-0.25, -0.2) is 19.5 Å². The Hall–Kier alpha value is -2.49. The zero-order chi connectivity index (χ0) is 20.6. The van der Waals surface area contributed by atoms with Crippen LogP contribution in [0.25, 0.3) is 0 Å². The minimum atomic E-state index is -3.57. The fraction of sp³-hybridized carbons (Fsp3) is 0.529. The molecule has 0 aliphatic carbocycles. The van der Waals surface area contributed by atoms with Crippen molar-refractivity contribution in [3.8, 4) is 0 Å². The molecule has 150 valence electrons. The summed E-state index contributed by atoms with van der Waals surface area (Å²) in [4.78, 5) is 15.6. The van der Waals surface area contributed by atoms with Crippen molar-refractivity contribution in [2.75, 3.05) is 12.3 Å². The first kappa shape index (κ1) is 20.8. The van der Waals surface area contributed by atoms with E-state index in [0.717, 1.165) is 19.1 Å². The molecule has 1 amide bonds. The molecule has 0 aromatic heterocycles. The molecule has 5 N–H and O–H groups in total. The molecule has 1 heterocycles. The predicted octanol–water partition coefficient (Wildman–Crippen LogP) is 2.63. The molecule has 1 atom stereocenters. The Kier molecular flexibility index (Phi) is 5.33. The lowest BCUT2D eigenvalue weighted by Crippen LogP contribution is -2.53. The summed E-state index contributed by atoms with van der Waals surface area (Å²) in [6.45, 7) is 4.76. The number of amidine groups is 1. The maximum atomic E-state index is 14.6. The van der Waals surface area contributed by atoms with E-state index in [2.05, 4.69) is 10.3 Å². The quantitative estimate of drug-likeness (QED) is 0.675. The second-order valence-corrected chi connectivity index (χ2v) is 7.34. The highest BCUT2D eigenvalue weighted by Crippen LogP contribution is 2.45. The Balaban J connectivity index is 2.45. The standard InChI is InChI=1S/C17H23F3N4O3/c1-15(2,3)27-14(25)23-13-24-16(4,17(19,20)8-26-13)10-6-12(22)9(7-21)5-11(10)18/h5-6H,7-8,21-22H2,1-4H3,(H,23,24,25)/t16-/m1/s1. The molecule has 0 saturated heterocycles. The average molecular weight is 388 g/mol. The van der Waals surface area contributed by atoms with E-state index in [1.54, 1.807) is 20.8 Å². The Labute approximate surface area is 154 Å². The summed E-state index contributed by atoms with van der Waals surface area (Å²) < 4.78 is 53.6. The largest absolute Gasteiger partial charge is 0.458 e. The van der Waals surface area contributed by atoms with Crippen LogP contribution in [-0.4, -0.2) is 30.2 Å². The van der Waals surface area contributed by atoms with E-state index in [1.165, 1.54) is 0 Å². The van der Waals surface area contributed by atoms with Crippen molar-refractivity contribution in [2.45, 2.75) is 51.3 Å². The molecule has 0 bridgehead atoms. The van der Waals surface area contributed by atoms with Gasteiger partial charge in [-0.1, -0.05) is 0 Å². The Bertz CT molecular complexity index is 777. The van der Waals surface area contributed by atoms with Crippen LogP contribution in [0.4, 0.5) is 23.7 Å². The highest BCUT2D eigenvalue weighted by molar-refractivity contribution is 5.91. The number of alkyl carbamates (subject to hydrolysis) is 1. The lowest BCUT2D eigenvalue weighted by atomic mass is 9.84. The van der Waals surface area contributed by atoms with Crippen molar-refractivity contribution in [3.63, 3.8) is 0 Å². The number of hydrogen-bond donors (Lipinski definition) is 3. The first-order valence-corrected chi connectivity index (χ1v) is 8.18. The Morgan fingerprint density at radius 2 is 2.04 bits per heavy atom. The molecule has 1 aliphatic heterocycles. The molecule has 27 heavy (non-hydrogen) atoms. The van der Waals surface area contributed by atoms with Crippen LogP contribution in [0, 0.1) is 5.82 Å². The third kappa shape index (κ3) is 4.26. The van der Waals surface area contributed by atoms with E-state index in [9.17, 15) is 18.0 Å². The van der Waals surface area contributed by atoms with E-state index < -0.39 is 47.2 Å². The maximum absolute atomic E-state index is 14.6. The lowest BCUT2D eigenvalue weighted by Gasteiger charge is -2.38. The molecule has 1 aromatic carbocycles. The maximum Gasteiger partial charge on any atom is 0.415 e. The van der Waals surface area contributed by atoms with E-state index in [4.69, 9.17) is 20.9 Å². The van der Waals surface area contributed by atoms with Crippen LogP contribution in [0.5, 0.6) is 0 Å². The zero-order valence-corrected chi connectivity index (χ0v) is 15.5. The van der Waals surface area contributed by atoms with Crippen LogP contribution in [0.2, 0.25) is 0 Å². The van der Waals surface area contributed by atoms with Gasteiger partial charge < -0.3 is 20.9 Å². The second-order valence-electron chi connectivity index (χ2n) is 7.34. The van der Waals surface area contributed by atoms with Crippen molar-refractivity contribution in [3.05, 3.63) is 29.1 Å². The van der Waals surface area contributed by atoms with Gasteiger partial charge in [0.1, 0.15) is 11.4 Å². The van der Waals surface area contributed by atoms with Gasteiger partial charge in [-0.05, 0) is 45.4 Å². The van der Waals surface area contributed by atoms with Gasteiger partial charge >= 0.3 is 12.0 Å². The summed E-state index contributed by atoms with van der Waals surface area (Å²) >= 11 is 0. The van der Waals surface area contributed by atoms with E-state index in [0.29, 0.717) is 0 Å². The van der Waals surface area contributed by atoms with Crippen LogP contribution in [0.1, 0.15) is 38.8 Å². The van der Waals surface area contributed by atoms with Crippen LogP contribution < -0.4 is 16.8 Å². The molecule has 10 heteroatoms. The fourth-order valence-electron chi connectivity index (χ4n) is 2.51. The fourth-order valence-corrected chi connectivity index (χ4v) is 2.51. The van der Waals surface area contributed by atoms with Crippen molar-refractivity contribution in [1.82, 2.24) is 5.32 Å². The SMILES string of the molecule is CC(C)(C)OC(=O)NC1=N[C@](C)(c2cc(N)c(CN)cc2F)C(F)(F)CO1. The molecule has 1 aliphatic rings. The summed E-state index contributed by atoms with van der Waals surface area (Å²) in [7, 11) is 0. The predicted molar refractivity (Wildman–Crippen MR) is 93.8 cm³/mol. The van der Waals surface area contributed by atoms with Gasteiger partial charge in [-0.3, -0.25) is 0 Å². The number of alkyl halides is 2. The number of ether oxygens (including phenoxy) is 2. The van der Waals surface area contributed by atoms with Gasteiger partial charge in [0, 0.05) is 17.8 Å². The molecular weight excluding hydrogens is 365 g/mol. The molecular formula is C17H23F3N4O3. The number of nitrogen functional groups attached to an aromatic ring is 1. The first-order valence-electron chi connectivity index (χ1n) is 8.18. The molecule has 0 spiro atoms. The number of nitrogens with one attached hydrogen (secondary N) is 1. The third-order valence-corrected chi connectivity index (χ3v) is 4.01. The molecule has 0 radical (unpaired) electrons. The van der Waals surface area contributed by atoms with Crippen LogP contribution >= 0.6 is 0 Å². The average Bonchev–Trinajstić information content (AvgIpc) is 2.51. The Morgan fingerprint density at radius 3 is 2.59 bits per heavy atom. The first-order chi connectivity index (χ1) is 12.3. The number of amides is 1. The second kappa shape index (κ2) is 6.91. The van der Waals surface area contributed by atoms with E-state index in [1.807, 2.05) is 0 Å². The van der Waals surface area contributed by atoms with Crippen molar-refractivity contribution >= 4 is 17.8 Å². The summed E-state index contributed by atoms with van der Waals surface area (Å²) in [6.07, 6.45) is -0.938. The highest BCUT2D eigenvalue weighted by Gasteiger charge is 2.56. The molecule has 7 nitrogen and oxygen atoms in total. The van der Waals surface area contributed by atoms with Gasteiger partial charge in [0.2, 0.25) is 0 Å². The molecule has 1 aromatic rings. The number of anilines is 1. The van der Waals surface area contributed by atoms with E-state index >= 15 is 0 Å². The van der Waals surface area contributed by atoms with Crippen LogP contribution in [0.15, 0.2) is 17.1 Å². The number of benzene rings is 1. The number of halogens is 3. The summed E-state index contributed by atoms with van der Waals surface area (Å²) in [6, 6.07) is 1.57. The topological polar surface area (TPSA) is 112 Å². The van der Waals surface area contributed by atoms with Crippen molar-refractivity contribution in [1.29, 1.82) is 0 Å². The summed E-state index contributed by atoms with van der Waals surface area (Å²) in [5.74, 6) is -4.50. The lowest BCUT2D eigenvalue weighted by molar-refractivity contribution is -0.118. The van der Waals surface area contributed by atoms with Gasteiger partial charge in [-0.15, -0.1) is 0 Å². The summed E-state index contributed by atoms with van der Waals surface area (Å²) in [5, 5.41) is 2.15. The normalized spacial score (nSPS) is 21.9. The van der Waals surface area contributed by atoms with Crippen molar-refractivity contribution in [2.24, 2.45) is 10.7 Å². The number of nitrogens with two attached hydrogens (primary N) is 2. The molecule has 0 fully saturated rings. The monoisotopic (exact) mass is 388 g/mol. The molecule has 0 unspecified atom stereocenters. The summed E-state index contributed by atoms with van der Waals surface area (Å²) in [5.41, 5.74) is 7.97. The van der Waals surface area contributed by atoms with E-state index in [-0.39, 0.29) is 17.8 Å². The van der Waals surface area contributed by atoms with Gasteiger partial charge in [0.25, 0.3) is 6.02 Å². The number of rotatable bonds is 2. The van der Waals surface area contributed by atoms with Gasteiger partial charge in [0.05, 0.1) is 0 Å². The highest BCUT2D eigenvalue weighted by atomic mass is 19.3. The third-order valence-electron chi connectivity index (χ3n) is 4.01. The zero-order valence-electron chi connectivity index (χ0n) is 15.5. The number of carbonyl (C=O) groups excluding carboxylic acids is 1. The van der Waals surface area contributed by atoms with Gasteiger partial charge in [-0.2, -0.15) is 8.78 Å². The minimum absolute atomic E-state index is 0.0476. The molecule has 0 saturated carbocycles. The van der Waals surface area contributed by atoms with Crippen LogP contribution in [-0.2, 0) is 21.6 Å². The number of aliphatic imine (C=N–C) groups is 1. The smallest absolute Gasteiger partial charge is 0.415 e. The Morgan fingerprint density at radius 1 is 1.41 bits per heavy atom.